The van der Waals surface area contributed by atoms with E-state index in [0.29, 0.717) is 22.3 Å². The average Bonchev–Trinajstić information content (AvgIpc) is 3.31. The fourth-order valence-electron chi connectivity index (χ4n) is 4.92. The van der Waals surface area contributed by atoms with Crippen molar-refractivity contribution in [2.45, 2.75) is 36.1 Å². The lowest BCUT2D eigenvalue weighted by Crippen LogP contribution is -2.16. The Hall–Kier alpha value is -3.42. The van der Waals surface area contributed by atoms with Gasteiger partial charge < -0.3 is 9.47 Å². The van der Waals surface area contributed by atoms with Crippen molar-refractivity contribution in [1.29, 1.82) is 5.26 Å². The second-order valence-electron chi connectivity index (χ2n) is 9.03. The number of nitriles is 1. The van der Waals surface area contributed by atoms with Crippen LogP contribution in [0, 0.1) is 28.8 Å². The zero-order valence-electron chi connectivity index (χ0n) is 21.1. The summed E-state index contributed by atoms with van der Waals surface area (Å²) < 4.78 is 57.0. The maximum Gasteiger partial charge on any atom is 0.173 e. The van der Waals surface area contributed by atoms with Crippen molar-refractivity contribution in [2.24, 2.45) is 0 Å². The Morgan fingerprint density at radius 3 is 2.36 bits per heavy atom. The Balaban J connectivity index is 1.63. The van der Waals surface area contributed by atoms with Gasteiger partial charge in [-0.15, -0.1) is 0 Å². The zero-order valence-corrected chi connectivity index (χ0v) is 23.5. The Morgan fingerprint density at radius 1 is 1.05 bits per heavy atom. The van der Waals surface area contributed by atoms with Crippen LogP contribution in [0.1, 0.15) is 46.8 Å². The van der Waals surface area contributed by atoms with Gasteiger partial charge >= 0.3 is 0 Å². The standard InChI is InChI=1S/C29H23BrF3N3O2S/c1-37-26-12-20(22(30)13-27(26)38-2)19-4-3-5-25-28(19)36(18-8-6-17(31)7-9-18)29(35-25)39-15-21-23(32)10-16(14-34)11-24(21)33/h6-13,19H,3-5,15H2,1-2H3. The van der Waals surface area contributed by atoms with Crippen LogP contribution in [0.3, 0.4) is 0 Å². The summed E-state index contributed by atoms with van der Waals surface area (Å²) in [6.07, 6.45) is 2.46. The predicted molar refractivity (Wildman–Crippen MR) is 146 cm³/mol. The number of nitrogens with zero attached hydrogens (tertiary/aromatic N) is 3. The lowest BCUT2D eigenvalue weighted by molar-refractivity contribution is 0.354. The highest BCUT2D eigenvalue weighted by Gasteiger charge is 2.32. The summed E-state index contributed by atoms with van der Waals surface area (Å²) in [5.74, 6) is -0.866. The van der Waals surface area contributed by atoms with E-state index in [4.69, 9.17) is 19.7 Å². The normalized spacial score (nSPS) is 14.5. The first-order valence-corrected chi connectivity index (χ1v) is 13.9. The van der Waals surface area contributed by atoms with Crippen molar-refractivity contribution in [3.63, 3.8) is 0 Å². The highest BCUT2D eigenvalue weighted by Crippen LogP contribution is 2.46. The molecule has 1 aliphatic rings. The summed E-state index contributed by atoms with van der Waals surface area (Å²) in [4.78, 5) is 4.90. The van der Waals surface area contributed by atoms with E-state index in [1.165, 1.54) is 23.9 Å². The van der Waals surface area contributed by atoms with Gasteiger partial charge in [-0.1, -0.05) is 27.7 Å². The lowest BCUT2D eigenvalue weighted by Gasteiger charge is -2.27. The van der Waals surface area contributed by atoms with Crippen LogP contribution in [0.25, 0.3) is 5.69 Å². The molecule has 0 saturated carbocycles. The highest BCUT2D eigenvalue weighted by molar-refractivity contribution is 9.10. The summed E-state index contributed by atoms with van der Waals surface area (Å²) >= 11 is 4.89. The van der Waals surface area contributed by atoms with E-state index in [0.717, 1.165) is 52.8 Å². The molecule has 0 aliphatic heterocycles. The number of aromatic nitrogens is 2. The van der Waals surface area contributed by atoms with Crippen molar-refractivity contribution in [3.8, 4) is 23.3 Å². The Kier molecular flexibility index (Phi) is 7.91. The van der Waals surface area contributed by atoms with Crippen molar-refractivity contribution >= 4 is 27.7 Å². The van der Waals surface area contributed by atoms with Gasteiger partial charge in [0.05, 0.1) is 37.2 Å². The Bertz CT molecular complexity index is 1560. The van der Waals surface area contributed by atoms with E-state index < -0.39 is 11.6 Å². The van der Waals surface area contributed by atoms with Crippen LogP contribution in [0.5, 0.6) is 11.5 Å². The molecule has 5 rings (SSSR count). The molecule has 0 saturated heterocycles. The number of aryl methyl sites for hydroxylation is 1. The van der Waals surface area contributed by atoms with Gasteiger partial charge in [-0.05, 0) is 73.4 Å². The number of methoxy groups -OCH3 is 2. The monoisotopic (exact) mass is 613 g/mol. The molecule has 0 fully saturated rings. The van der Waals surface area contributed by atoms with Crippen LogP contribution in [0.15, 0.2) is 58.2 Å². The molecule has 5 nitrogen and oxygen atoms in total. The molecule has 1 atom stereocenters. The summed E-state index contributed by atoms with van der Waals surface area (Å²) in [5.41, 5.74) is 3.27. The minimum Gasteiger partial charge on any atom is -0.493 e. The third-order valence-electron chi connectivity index (χ3n) is 6.77. The van der Waals surface area contributed by atoms with E-state index in [1.54, 1.807) is 32.4 Å². The highest BCUT2D eigenvalue weighted by atomic mass is 79.9. The number of hydrogen-bond acceptors (Lipinski definition) is 5. The number of hydrogen-bond donors (Lipinski definition) is 0. The number of thioether (sulfide) groups is 1. The quantitative estimate of drug-likeness (QED) is 0.200. The van der Waals surface area contributed by atoms with E-state index in [2.05, 4.69) is 15.9 Å². The van der Waals surface area contributed by atoms with Gasteiger partial charge in [-0.25, -0.2) is 18.2 Å². The van der Waals surface area contributed by atoms with Crippen LogP contribution in [-0.2, 0) is 12.2 Å². The zero-order chi connectivity index (χ0) is 27.7. The largest absolute Gasteiger partial charge is 0.493 e. The Morgan fingerprint density at radius 2 is 1.72 bits per heavy atom. The van der Waals surface area contributed by atoms with Gasteiger partial charge in [0.2, 0.25) is 0 Å². The van der Waals surface area contributed by atoms with Crippen LogP contribution < -0.4 is 9.47 Å². The molecule has 4 aromatic rings. The van der Waals surface area contributed by atoms with Crippen LogP contribution >= 0.6 is 27.7 Å². The van der Waals surface area contributed by atoms with Gasteiger partial charge in [0.25, 0.3) is 0 Å². The van der Waals surface area contributed by atoms with Crippen LogP contribution in [0.4, 0.5) is 13.2 Å². The first kappa shape index (κ1) is 27.2. The number of imidazole rings is 1. The SMILES string of the molecule is COc1cc(Br)c(C2CCCc3nc(SCc4c(F)cc(C#N)cc4F)n(-c4ccc(F)cc4)c32)cc1OC. The topological polar surface area (TPSA) is 60.1 Å². The van der Waals surface area contributed by atoms with E-state index >= 15 is 0 Å². The maximum atomic E-state index is 14.7. The summed E-state index contributed by atoms with van der Waals surface area (Å²) in [5, 5.41) is 9.55. The molecule has 1 unspecified atom stereocenters. The number of rotatable bonds is 7. The molecule has 0 bridgehead atoms. The molecular formula is C29H23BrF3N3O2S. The molecule has 1 aromatic heterocycles. The maximum absolute atomic E-state index is 14.7. The van der Waals surface area contributed by atoms with Gasteiger partial charge in [0, 0.05) is 27.4 Å². The third kappa shape index (κ3) is 5.25. The van der Waals surface area contributed by atoms with Crippen LogP contribution in [-0.4, -0.2) is 23.8 Å². The molecule has 10 heteroatoms. The van der Waals surface area contributed by atoms with Gasteiger partial charge in [0.1, 0.15) is 17.5 Å². The molecule has 1 heterocycles. The fourth-order valence-corrected chi connectivity index (χ4v) is 6.58. The van der Waals surface area contributed by atoms with Crippen LogP contribution in [0.2, 0.25) is 0 Å². The summed E-state index contributed by atoms with van der Waals surface area (Å²) in [6.45, 7) is 0. The number of ether oxygens (including phenoxy) is 2. The van der Waals surface area contributed by atoms with E-state index in [1.807, 2.05) is 16.7 Å². The predicted octanol–water partition coefficient (Wildman–Crippen LogP) is 7.70. The lowest BCUT2D eigenvalue weighted by atomic mass is 9.84. The van der Waals surface area contributed by atoms with Gasteiger partial charge in [0.15, 0.2) is 16.7 Å². The van der Waals surface area contributed by atoms with Gasteiger partial charge in [-0.3, -0.25) is 4.57 Å². The van der Waals surface area contributed by atoms with Crippen molar-refractivity contribution < 1.29 is 22.6 Å². The second-order valence-corrected chi connectivity index (χ2v) is 10.8. The number of halogens is 4. The van der Waals surface area contributed by atoms with Gasteiger partial charge in [-0.2, -0.15) is 5.26 Å². The minimum atomic E-state index is -0.782. The van der Waals surface area contributed by atoms with Crippen molar-refractivity contribution in [1.82, 2.24) is 9.55 Å². The van der Waals surface area contributed by atoms with E-state index in [9.17, 15) is 13.2 Å². The first-order valence-electron chi connectivity index (χ1n) is 12.1. The molecule has 0 radical (unpaired) electrons. The molecule has 3 aromatic carbocycles. The number of benzene rings is 3. The molecule has 0 N–H and O–H groups in total. The van der Waals surface area contributed by atoms with Crippen molar-refractivity contribution in [3.05, 3.63) is 98.5 Å². The number of fused-ring (bicyclic) bond motifs is 1. The average molecular weight is 614 g/mol. The second kappa shape index (κ2) is 11.4. The first-order chi connectivity index (χ1) is 18.8. The fraction of sp³-hybridized carbons (Fsp3) is 0.241. The molecule has 0 spiro atoms. The Labute approximate surface area is 236 Å². The van der Waals surface area contributed by atoms with E-state index in [-0.39, 0.29) is 28.6 Å². The third-order valence-corrected chi connectivity index (χ3v) is 8.43. The molecular weight excluding hydrogens is 591 g/mol. The summed E-state index contributed by atoms with van der Waals surface area (Å²) in [6, 6.07) is 13.7. The minimum absolute atomic E-state index is 0.0365. The summed E-state index contributed by atoms with van der Waals surface area (Å²) in [7, 11) is 3.16. The molecule has 0 amide bonds. The smallest absolute Gasteiger partial charge is 0.173 e. The van der Waals surface area contributed by atoms with Crippen molar-refractivity contribution in [2.75, 3.05) is 14.2 Å². The molecule has 1 aliphatic carbocycles. The molecule has 39 heavy (non-hydrogen) atoms. The molecule has 200 valence electrons.